The zero-order valence-electron chi connectivity index (χ0n) is 18.0. The molecule has 1 aromatic heterocycles. The van der Waals surface area contributed by atoms with Crippen LogP contribution in [0.3, 0.4) is 0 Å². The molecule has 0 bridgehead atoms. The number of carboxylic acid groups (broad SMARTS) is 1. The summed E-state index contributed by atoms with van der Waals surface area (Å²) in [7, 11) is 1.49. The average Bonchev–Trinajstić information content (AvgIpc) is 3.09. The molecule has 0 atom stereocenters. The number of fused-ring (bicyclic) bond motifs is 2. The molecule has 0 amide bonds. The van der Waals surface area contributed by atoms with Crippen LogP contribution in [0.2, 0.25) is 0 Å². The maximum absolute atomic E-state index is 13.1. The highest BCUT2D eigenvalue weighted by Gasteiger charge is 2.33. The minimum absolute atomic E-state index is 0.0847. The third kappa shape index (κ3) is 4.08. The highest BCUT2D eigenvalue weighted by molar-refractivity contribution is 6.39. The number of aliphatic hydroxyl groups excluding tert-OH is 1. The lowest BCUT2D eigenvalue weighted by molar-refractivity contribution is -0.132. The molecular weight excluding hydrogens is 432 g/mol. The number of Topliss-reactive ketones (excluding diaryl/α,β-unsaturated/α-hetero) is 1. The fourth-order valence-electron chi connectivity index (χ4n) is 3.63. The van der Waals surface area contributed by atoms with Crippen LogP contribution in [-0.4, -0.2) is 34.1 Å². The van der Waals surface area contributed by atoms with Gasteiger partial charge in [-0.05, 0) is 35.9 Å². The number of carboxylic acids is 1. The number of carbonyl (C=O) groups is 2. The highest BCUT2D eigenvalue weighted by Crippen LogP contribution is 2.40. The topological polar surface area (TPSA) is 121 Å². The summed E-state index contributed by atoms with van der Waals surface area (Å²) in [4.78, 5) is 28.5. The highest BCUT2D eigenvalue weighted by atomic mass is 16.5. The summed E-state index contributed by atoms with van der Waals surface area (Å²) in [6.45, 7) is 0. The fraction of sp³-hybridized carbons (Fsp3) is 0.0370. The summed E-state index contributed by atoms with van der Waals surface area (Å²) in [6.07, 6.45) is 7.58. The molecule has 7 nitrogen and oxygen atoms in total. The van der Waals surface area contributed by atoms with Gasteiger partial charge in [0.15, 0.2) is 5.78 Å². The van der Waals surface area contributed by atoms with Crippen molar-refractivity contribution in [3.63, 3.8) is 0 Å². The molecule has 1 aliphatic carbocycles. The molecule has 3 aromatic rings. The first kappa shape index (κ1) is 22.2. The number of pyridine rings is 1. The summed E-state index contributed by atoms with van der Waals surface area (Å²) in [6, 6.07) is 15.9. The number of allylic oxidation sites excluding steroid dienone is 5. The molecule has 166 valence electrons. The Bertz CT molecular complexity index is 1500. The Morgan fingerprint density at radius 1 is 1.09 bits per heavy atom. The van der Waals surface area contributed by atoms with Crippen LogP contribution >= 0.6 is 0 Å². The van der Waals surface area contributed by atoms with Crippen molar-refractivity contribution in [2.24, 2.45) is 0 Å². The number of rotatable bonds is 6. The third-order valence-corrected chi connectivity index (χ3v) is 5.28. The van der Waals surface area contributed by atoms with E-state index in [1.807, 2.05) is 24.3 Å². The molecule has 7 heteroatoms. The molecule has 2 N–H and O–H groups in total. The van der Waals surface area contributed by atoms with Crippen molar-refractivity contribution in [2.75, 3.05) is 7.11 Å². The number of aliphatic hydroxyl groups is 1. The molecule has 0 unspecified atom stereocenters. The Kier molecular flexibility index (Phi) is 6.06. The minimum atomic E-state index is -1.30. The maximum Gasteiger partial charge on any atom is 0.346 e. The van der Waals surface area contributed by atoms with Gasteiger partial charge in [0.25, 0.3) is 0 Å². The Morgan fingerprint density at radius 3 is 2.62 bits per heavy atom. The molecule has 0 aliphatic heterocycles. The van der Waals surface area contributed by atoms with Gasteiger partial charge in [0, 0.05) is 16.5 Å². The number of ether oxygens (including phenoxy) is 1. The summed E-state index contributed by atoms with van der Waals surface area (Å²) in [5, 5.41) is 29.4. The number of carbonyl (C=O) groups excluding carboxylic acids is 1. The molecule has 2 aromatic carbocycles. The normalized spacial score (nSPS) is 13.6. The largest absolute Gasteiger partial charge is 0.506 e. The lowest BCUT2D eigenvalue weighted by atomic mass is 10.0. The van der Waals surface area contributed by atoms with Gasteiger partial charge >= 0.3 is 5.97 Å². The first-order chi connectivity index (χ1) is 16.4. The Labute approximate surface area is 194 Å². The van der Waals surface area contributed by atoms with Gasteiger partial charge in [-0.25, -0.2) is 9.78 Å². The van der Waals surface area contributed by atoms with E-state index in [0.717, 1.165) is 5.39 Å². The molecule has 0 spiro atoms. The zero-order valence-corrected chi connectivity index (χ0v) is 18.0. The average molecular weight is 450 g/mol. The van der Waals surface area contributed by atoms with E-state index in [-0.39, 0.29) is 28.4 Å². The van der Waals surface area contributed by atoms with Gasteiger partial charge < -0.3 is 14.9 Å². The Morgan fingerprint density at radius 2 is 1.88 bits per heavy atom. The van der Waals surface area contributed by atoms with E-state index >= 15 is 0 Å². The van der Waals surface area contributed by atoms with E-state index < -0.39 is 5.97 Å². The van der Waals surface area contributed by atoms with Crippen molar-refractivity contribution in [1.82, 2.24) is 4.98 Å². The first-order valence-electron chi connectivity index (χ1n) is 10.2. The van der Waals surface area contributed by atoms with Gasteiger partial charge in [-0.1, -0.05) is 48.6 Å². The molecule has 34 heavy (non-hydrogen) atoms. The Hall–Kier alpha value is -4.96. The lowest BCUT2D eigenvalue weighted by Gasteiger charge is -2.10. The van der Waals surface area contributed by atoms with Crippen LogP contribution in [0.1, 0.15) is 27.2 Å². The number of methoxy groups -OCH3 is 1. The SMILES string of the molecule is COc1cc2ccccc2nc1C1=C(O)c2cc(/C=C/C=C/C=C(\C#N)C(=O)O)ccc2C1=O. The van der Waals surface area contributed by atoms with Crippen molar-refractivity contribution in [3.05, 3.63) is 101 Å². The van der Waals surface area contributed by atoms with Crippen LogP contribution in [-0.2, 0) is 4.79 Å². The number of nitrogens with zero attached hydrogens (tertiary/aromatic N) is 2. The smallest absolute Gasteiger partial charge is 0.346 e. The number of aromatic nitrogens is 1. The number of hydrogen-bond acceptors (Lipinski definition) is 6. The van der Waals surface area contributed by atoms with E-state index in [1.165, 1.54) is 19.3 Å². The second-order valence-electron chi connectivity index (χ2n) is 7.33. The number of aliphatic carboxylic acids is 1. The number of hydrogen-bond donors (Lipinski definition) is 2. The van der Waals surface area contributed by atoms with Crippen molar-refractivity contribution in [1.29, 1.82) is 5.26 Å². The van der Waals surface area contributed by atoms with Gasteiger partial charge in [-0.2, -0.15) is 5.26 Å². The third-order valence-electron chi connectivity index (χ3n) is 5.28. The van der Waals surface area contributed by atoms with Crippen LogP contribution in [0.15, 0.2) is 78.4 Å². The van der Waals surface area contributed by atoms with E-state index in [9.17, 15) is 14.7 Å². The Balaban J connectivity index is 1.68. The van der Waals surface area contributed by atoms with Crippen LogP contribution in [0.4, 0.5) is 0 Å². The van der Waals surface area contributed by atoms with Crippen molar-refractivity contribution in [3.8, 4) is 11.8 Å². The standard InChI is InChI=1S/C27H18N2O5/c1-34-22-14-17-8-5-6-10-21(17)29-24(22)23-25(30)19-12-11-16(13-20(19)26(23)31)7-3-2-4-9-18(15-28)27(32)33/h2-14,31H,1H3,(H,32,33)/b4-2+,7-3+,18-9+. The van der Waals surface area contributed by atoms with Crippen molar-refractivity contribution in [2.45, 2.75) is 0 Å². The molecule has 0 saturated carbocycles. The van der Waals surface area contributed by atoms with Crippen LogP contribution < -0.4 is 4.74 Å². The predicted octanol–water partition coefficient (Wildman–Crippen LogP) is 4.97. The van der Waals surface area contributed by atoms with E-state index in [4.69, 9.17) is 15.1 Å². The second kappa shape index (κ2) is 9.27. The van der Waals surface area contributed by atoms with Gasteiger partial charge in [0.2, 0.25) is 0 Å². The quantitative estimate of drug-likeness (QED) is 0.309. The first-order valence-corrected chi connectivity index (χ1v) is 10.2. The second-order valence-corrected chi connectivity index (χ2v) is 7.33. The molecule has 0 saturated heterocycles. The predicted molar refractivity (Wildman–Crippen MR) is 128 cm³/mol. The number of nitriles is 1. The zero-order chi connectivity index (χ0) is 24.2. The number of benzene rings is 2. The molecule has 0 radical (unpaired) electrons. The van der Waals surface area contributed by atoms with Gasteiger partial charge in [-0.15, -0.1) is 0 Å². The summed E-state index contributed by atoms with van der Waals surface area (Å²) >= 11 is 0. The van der Waals surface area contributed by atoms with Crippen LogP contribution in [0, 0.1) is 11.3 Å². The van der Waals surface area contributed by atoms with Crippen molar-refractivity contribution >= 4 is 40.1 Å². The minimum Gasteiger partial charge on any atom is -0.506 e. The molecule has 1 heterocycles. The number of para-hydroxylation sites is 1. The summed E-state index contributed by atoms with van der Waals surface area (Å²) in [5.41, 5.74) is 2.13. The summed E-state index contributed by atoms with van der Waals surface area (Å²) in [5.74, 6) is -1.42. The lowest BCUT2D eigenvalue weighted by Crippen LogP contribution is -2.03. The van der Waals surface area contributed by atoms with Gasteiger partial charge in [-0.3, -0.25) is 4.79 Å². The van der Waals surface area contributed by atoms with Gasteiger partial charge in [0.05, 0.1) is 18.2 Å². The number of ketones is 1. The molecule has 4 rings (SSSR count). The molecule has 1 aliphatic rings. The van der Waals surface area contributed by atoms with E-state index in [0.29, 0.717) is 28.0 Å². The summed E-state index contributed by atoms with van der Waals surface area (Å²) < 4.78 is 5.46. The molecular formula is C27H18N2O5. The van der Waals surface area contributed by atoms with Crippen LogP contribution in [0.5, 0.6) is 5.75 Å². The van der Waals surface area contributed by atoms with Crippen molar-refractivity contribution < 1.29 is 24.5 Å². The van der Waals surface area contributed by atoms with Crippen LogP contribution in [0.25, 0.3) is 28.3 Å². The fourth-order valence-corrected chi connectivity index (χ4v) is 3.63. The van der Waals surface area contributed by atoms with E-state index in [2.05, 4.69) is 4.98 Å². The van der Waals surface area contributed by atoms with E-state index in [1.54, 1.807) is 48.6 Å². The van der Waals surface area contributed by atoms with Gasteiger partial charge in [0.1, 0.15) is 28.8 Å². The maximum atomic E-state index is 13.1. The molecule has 0 fully saturated rings. The monoisotopic (exact) mass is 450 g/mol.